The lowest BCUT2D eigenvalue weighted by Crippen LogP contribution is -2.05. The normalized spacial score (nSPS) is 11.2. The summed E-state index contributed by atoms with van der Waals surface area (Å²) in [7, 11) is 0. The van der Waals surface area contributed by atoms with Crippen LogP contribution in [0.4, 0.5) is 13.2 Å². The largest absolute Gasteiger partial charge is 0.438 e. The number of carbonyl (C=O) groups is 1. The van der Waals surface area contributed by atoms with E-state index in [1.165, 1.54) is 0 Å². The fraction of sp³-hybridized carbons (Fsp3) is 0.0556. The van der Waals surface area contributed by atoms with E-state index < -0.39 is 11.7 Å². The van der Waals surface area contributed by atoms with Crippen LogP contribution in [-0.4, -0.2) is 16.3 Å². The van der Waals surface area contributed by atoms with Crippen LogP contribution in [0.2, 0.25) is 5.02 Å². The van der Waals surface area contributed by atoms with Crippen LogP contribution in [0, 0.1) is 0 Å². The number of rotatable bonds is 4. The number of halogens is 4. The minimum Gasteiger partial charge on any atom is -0.438 e. The molecule has 3 aromatic rings. The summed E-state index contributed by atoms with van der Waals surface area (Å²) in [4.78, 5) is 18.6. The molecule has 0 bridgehead atoms. The Morgan fingerprint density at radius 3 is 2.42 bits per heavy atom. The van der Waals surface area contributed by atoms with E-state index in [0.29, 0.717) is 29.6 Å². The highest BCUT2D eigenvalue weighted by atomic mass is 35.5. The van der Waals surface area contributed by atoms with Gasteiger partial charge in [-0.1, -0.05) is 17.7 Å². The number of nitrogens with zero attached hydrogens (tertiary/aromatic N) is 2. The van der Waals surface area contributed by atoms with Crippen LogP contribution in [-0.2, 0) is 6.18 Å². The van der Waals surface area contributed by atoms with Gasteiger partial charge in [0.1, 0.15) is 16.5 Å². The van der Waals surface area contributed by atoms with Gasteiger partial charge in [-0.2, -0.15) is 13.2 Å². The van der Waals surface area contributed by atoms with Crippen molar-refractivity contribution in [2.24, 2.45) is 0 Å². The maximum Gasteiger partial charge on any atom is 0.417 e. The second kappa shape index (κ2) is 7.13. The number of benzene rings is 1. The Balaban J connectivity index is 1.80. The molecule has 0 aliphatic carbocycles. The molecule has 132 valence electrons. The van der Waals surface area contributed by atoms with Gasteiger partial charge in [0, 0.05) is 11.8 Å². The Kier molecular flexibility index (Phi) is 4.90. The zero-order valence-corrected chi connectivity index (χ0v) is 13.8. The van der Waals surface area contributed by atoms with Crippen molar-refractivity contribution in [3.05, 3.63) is 71.0 Å². The van der Waals surface area contributed by atoms with Crippen LogP contribution in [0.5, 0.6) is 11.6 Å². The molecule has 0 aliphatic heterocycles. The van der Waals surface area contributed by atoms with Crippen molar-refractivity contribution in [3.8, 4) is 22.9 Å². The molecule has 0 aliphatic rings. The van der Waals surface area contributed by atoms with E-state index in [2.05, 4.69) is 9.97 Å². The molecule has 0 spiro atoms. The summed E-state index contributed by atoms with van der Waals surface area (Å²) >= 11 is 5.82. The van der Waals surface area contributed by atoms with Crippen LogP contribution < -0.4 is 4.74 Å². The zero-order valence-electron chi connectivity index (χ0n) is 13.0. The second-order valence-electron chi connectivity index (χ2n) is 5.20. The molecule has 0 N–H and O–H groups in total. The number of aromatic nitrogens is 2. The van der Waals surface area contributed by atoms with E-state index in [1.807, 2.05) is 0 Å². The monoisotopic (exact) mass is 378 g/mol. The van der Waals surface area contributed by atoms with Crippen LogP contribution in [0.1, 0.15) is 16.1 Å². The highest BCUT2D eigenvalue weighted by molar-refractivity contribution is 6.31. The lowest BCUT2D eigenvalue weighted by atomic mass is 10.1. The number of carbonyl (C=O) groups excluding carboxylic acids is 1. The predicted molar refractivity (Wildman–Crippen MR) is 89.4 cm³/mol. The van der Waals surface area contributed by atoms with E-state index in [4.69, 9.17) is 16.3 Å². The third-order valence-corrected chi connectivity index (χ3v) is 3.66. The molecule has 0 unspecified atom stereocenters. The first-order valence-corrected chi connectivity index (χ1v) is 7.68. The molecule has 0 saturated carbocycles. The van der Waals surface area contributed by atoms with E-state index in [0.717, 1.165) is 11.6 Å². The molecule has 2 heterocycles. The molecular weight excluding hydrogens is 369 g/mol. The zero-order chi connectivity index (χ0) is 18.7. The third-order valence-electron chi connectivity index (χ3n) is 3.39. The molecule has 0 amide bonds. The average Bonchev–Trinajstić information content (AvgIpc) is 2.63. The molecule has 0 atom stereocenters. The number of aldehydes is 1. The Labute approximate surface area is 151 Å². The van der Waals surface area contributed by atoms with Gasteiger partial charge in [0.15, 0.2) is 6.29 Å². The Morgan fingerprint density at radius 2 is 1.81 bits per heavy atom. The smallest absolute Gasteiger partial charge is 0.417 e. The van der Waals surface area contributed by atoms with Gasteiger partial charge in [-0.25, -0.2) is 9.97 Å². The predicted octanol–water partition coefficient (Wildman–Crippen LogP) is 5.42. The van der Waals surface area contributed by atoms with Gasteiger partial charge in [0.2, 0.25) is 5.88 Å². The van der Waals surface area contributed by atoms with E-state index in [-0.39, 0.29) is 10.9 Å². The van der Waals surface area contributed by atoms with Crippen LogP contribution in [0.3, 0.4) is 0 Å². The summed E-state index contributed by atoms with van der Waals surface area (Å²) in [6, 6.07) is 12.4. The minimum atomic E-state index is -4.53. The highest BCUT2D eigenvalue weighted by Gasteiger charge is 2.31. The standard InChI is InChI=1S/C18H10ClF3N2O2/c19-15-8-12(18(20,21)22)9-23-17(15)26-14-6-4-11(5-7-14)16-3-1-2-13(10-25)24-16/h1-10H. The number of alkyl halides is 3. The van der Waals surface area contributed by atoms with Crippen molar-refractivity contribution < 1.29 is 22.7 Å². The van der Waals surface area contributed by atoms with Crippen LogP contribution in [0.15, 0.2) is 54.7 Å². The third kappa shape index (κ3) is 4.00. The van der Waals surface area contributed by atoms with Crippen LogP contribution in [0.25, 0.3) is 11.3 Å². The number of hydrogen-bond donors (Lipinski definition) is 0. The van der Waals surface area contributed by atoms with Crippen molar-refractivity contribution in [2.45, 2.75) is 6.18 Å². The van der Waals surface area contributed by atoms with Crippen molar-refractivity contribution in [2.75, 3.05) is 0 Å². The van der Waals surface area contributed by atoms with E-state index in [1.54, 1.807) is 42.5 Å². The summed E-state index contributed by atoms with van der Waals surface area (Å²) in [6.07, 6.45) is -3.22. The first-order chi connectivity index (χ1) is 12.4. The first kappa shape index (κ1) is 17.9. The lowest BCUT2D eigenvalue weighted by molar-refractivity contribution is -0.137. The summed E-state index contributed by atoms with van der Waals surface area (Å²) in [5.41, 5.74) is 0.703. The fourth-order valence-corrected chi connectivity index (χ4v) is 2.34. The minimum absolute atomic E-state index is 0.131. The summed E-state index contributed by atoms with van der Waals surface area (Å²) < 4.78 is 43.3. The molecule has 2 aromatic heterocycles. The van der Waals surface area contributed by atoms with Gasteiger partial charge in [-0.3, -0.25) is 4.79 Å². The Hall–Kier alpha value is -2.93. The lowest BCUT2D eigenvalue weighted by Gasteiger charge is -2.10. The molecule has 0 fully saturated rings. The van der Waals surface area contributed by atoms with Crippen molar-refractivity contribution in [3.63, 3.8) is 0 Å². The maximum absolute atomic E-state index is 12.6. The van der Waals surface area contributed by atoms with Crippen molar-refractivity contribution >= 4 is 17.9 Å². The first-order valence-electron chi connectivity index (χ1n) is 7.30. The Bertz CT molecular complexity index is 944. The molecule has 1 aromatic carbocycles. The van der Waals surface area contributed by atoms with Gasteiger partial charge in [-0.05, 0) is 42.5 Å². The summed E-state index contributed by atoms with van der Waals surface area (Å²) in [6.45, 7) is 0. The van der Waals surface area contributed by atoms with Gasteiger partial charge in [0.05, 0.1) is 11.3 Å². The molecule has 3 rings (SSSR count). The topological polar surface area (TPSA) is 52.1 Å². The van der Waals surface area contributed by atoms with Gasteiger partial charge >= 0.3 is 6.18 Å². The molecule has 8 heteroatoms. The quantitative estimate of drug-likeness (QED) is 0.569. The average molecular weight is 379 g/mol. The van der Waals surface area contributed by atoms with Crippen molar-refractivity contribution in [1.29, 1.82) is 0 Å². The highest BCUT2D eigenvalue weighted by Crippen LogP contribution is 2.34. The van der Waals surface area contributed by atoms with Crippen LogP contribution >= 0.6 is 11.6 Å². The SMILES string of the molecule is O=Cc1cccc(-c2ccc(Oc3ncc(C(F)(F)F)cc3Cl)cc2)n1. The maximum atomic E-state index is 12.6. The molecular formula is C18H10ClF3N2O2. The molecule has 4 nitrogen and oxygen atoms in total. The van der Waals surface area contributed by atoms with E-state index >= 15 is 0 Å². The van der Waals surface area contributed by atoms with E-state index in [9.17, 15) is 18.0 Å². The van der Waals surface area contributed by atoms with Gasteiger partial charge in [-0.15, -0.1) is 0 Å². The van der Waals surface area contributed by atoms with Gasteiger partial charge < -0.3 is 4.74 Å². The summed E-state index contributed by atoms with van der Waals surface area (Å²) in [5, 5.41) is -0.246. The molecule has 26 heavy (non-hydrogen) atoms. The second-order valence-corrected chi connectivity index (χ2v) is 5.61. The van der Waals surface area contributed by atoms with Gasteiger partial charge in [0.25, 0.3) is 0 Å². The fourth-order valence-electron chi connectivity index (χ4n) is 2.14. The summed E-state index contributed by atoms with van der Waals surface area (Å²) in [5.74, 6) is 0.211. The molecule has 0 radical (unpaired) electrons. The number of hydrogen-bond acceptors (Lipinski definition) is 4. The number of ether oxygens (including phenoxy) is 1. The van der Waals surface area contributed by atoms with Crippen molar-refractivity contribution in [1.82, 2.24) is 9.97 Å². The Morgan fingerprint density at radius 1 is 1.08 bits per heavy atom. The molecule has 0 saturated heterocycles. The number of pyridine rings is 2.